The SMILES string of the molecule is COC(=O)CC(c1cccc(OCc2cnc(-c3cc(OC)ccc3F)c(N3CCOCC3)n2)c1)C1CC1. The van der Waals surface area contributed by atoms with Crippen LogP contribution in [0.1, 0.15) is 36.4 Å². The number of nitrogens with zero attached hydrogens (tertiary/aromatic N) is 3. The number of ether oxygens (including phenoxy) is 4. The van der Waals surface area contributed by atoms with Gasteiger partial charge in [0.25, 0.3) is 0 Å². The summed E-state index contributed by atoms with van der Waals surface area (Å²) in [6.07, 6.45) is 4.22. The highest BCUT2D eigenvalue weighted by molar-refractivity contribution is 5.74. The van der Waals surface area contributed by atoms with Crippen LogP contribution in [-0.2, 0) is 20.9 Å². The number of esters is 1. The summed E-state index contributed by atoms with van der Waals surface area (Å²) in [5.74, 6) is 1.84. The Bertz CT molecular complexity index is 1280. The van der Waals surface area contributed by atoms with E-state index in [9.17, 15) is 9.18 Å². The van der Waals surface area contributed by atoms with Gasteiger partial charge in [-0.3, -0.25) is 9.78 Å². The van der Waals surface area contributed by atoms with Gasteiger partial charge in [0.15, 0.2) is 5.82 Å². The lowest BCUT2D eigenvalue weighted by Crippen LogP contribution is -2.37. The minimum atomic E-state index is -0.396. The van der Waals surface area contributed by atoms with E-state index >= 15 is 0 Å². The molecule has 2 aromatic carbocycles. The third-order valence-electron chi connectivity index (χ3n) is 7.02. The van der Waals surface area contributed by atoms with Crippen molar-refractivity contribution in [1.82, 2.24) is 9.97 Å². The molecule has 9 heteroatoms. The highest BCUT2D eigenvalue weighted by Crippen LogP contribution is 2.45. The molecule has 2 heterocycles. The maximum Gasteiger partial charge on any atom is 0.306 e. The zero-order valence-corrected chi connectivity index (χ0v) is 21.7. The number of aromatic nitrogens is 2. The first kappa shape index (κ1) is 25.9. The van der Waals surface area contributed by atoms with Crippen molar-refractivity contribution in [2.24, 2.45) is 5.92 Å². The summed E-state index contributed by atoms with van der Waals surface area (Å²) in [6.45, 7) is 2.57. The number of morpholine rings is 1. The Labute approximate surface area is 221 Å². The van der Waals surface area contributed by atoms with E-state index in [1.807, 2.05) is 24.3 Å². The molecular formula is C29H32FN3O5. The molecule has 0 bridgehead atoms. The highest BCUT2D eigenvalue weighted by Gasteiger charge is 2.34. The molecule has 3 aromatic rings. The monoisotopic (exact) mass is 521 g/mol. The van der Waals surface area contributed by atoms with E-state index in [4.69, 9.17) is 23.9 Å². The summed E-state index contributed by atoms with van der Waals surface area (Å²) < 4.78 is 36.7. The number of halogens is 1. The molecule has 0 spiro atoms. The molecule has 38 heavy (non-hydrogen) atoms. The molecule has 8 nitrogen and oxygen atoms in total. The topological polar surface area (TPSA) is 83.0 Å². The van der Waals surface area contributed by atoms with Gasteiger partial charge in [0, 0.05) is 18.7 Å². The molecule has 1 saturated heterocycles. The molecule has 1 unspecified atom stereocenters. The number of carbonyl (C=O) groups excluding carboxylic acids is 1. The first-order chi connectivity index (χ1) is 18.6. The van der Waals surface area contributed by atoms with Crippen molar-refractivity contribution in [3.05, 3.63) is 65.7 Å². The van der Waals surface area contributed by atoms with Crippen molar-refractivity contribution in [2.45, 2.75) is 31.8 Å². The fourth-order valence-corrected chi connectivity index (χ4v) is 4.79. The molecule has 0 radical (unpaired) electrons. The van der Waals surface area contributed by atoms with Crippen LogP contribution in [0.4, 0.5) is 10.2 Å². The maximum atomic E-state index is 14.9. The number of methoxy groups -OCH3 is 2. The van der Waals surface area contributed by atoms with Gasteiger partial charge in [0.05, 0.1) is 45.7 Å². The number of rotatable bonds is 10. The average molecular weight is 522 g/mol. The summed E-state index contributed by atoms with van der Waals surface area (Å²) in [5.41, 5.74) is 2.47. The second-order valence-corrected chi connectivity index (χ2v) is 9.56. The molecule has 200 valence electrons. The van der Waals surface area contributed by atoms with E-state index in [0.29, 0.717) is 72.9 Å². The summed E-state index contributed by atoms with van der Waals surface area (Å²) in [6, 6.07) is 12.4. The van der Waals surface area contributed by atoms with Gasteiger partial charge in [-0.25, -0.2) is 9.37 Å². The van der Waals surface area contributed by atoms with Crippen LogP contribution in [0.25, 0.3) is 11.3 Å². The first-order valence-corrected chi connectivity index (χ1v) is 12.9. The Kier molecular flexibility index (Phi) is 8.03. The smallest absolute Gasteiger partial charge is 0.306 e. The zero-order valence-electron chi connectivity index (χ0n) is 21.7. The maximum absolute atomic E-state index is 14.9. The third kappa shape index (κ3) is 6.05. The molecule has 1 atom stereocenters. The van der Waals surface area contributed by atoms with Crippen molar-refractivity contribution >= 4 is 11.8 Å². The Morgan fingerprint density at radius 3 is 2.68 bits per heavy atom. The van der Waals surface area contributed by atoms with Gasteiger partial charge >= 0.3 is 5.97 Å². The standard InChI is InChI=1S/C29H32FN3O5/c1-35-22-8-9-26(30)25(15-22)28-29(33-10-12-37-13-11-33)32-21(17-31-28)18-38-23-5-3-4-20(14-23)24(19-6-7-19)16-27(34)36-2/h3-5,8-9,14-15,17,19,24H,6-7,10-13,16,18H2,1-2H3. The van der Waals surface area contributed by atoms with E-state index in [0.717, 1.165) is 18.4 Å². The summed E-state index contributed by atoms with van der Waals surface area (Å²) in [7, 11) is 2.97. The quantitative estimate of drug-likeness (QED) is 0.353. The number of hydrogen-bond donors (Lipinski definition) is 0. The molecule has 0 N–H and O–H groups in total. The summed E-state index contributed by atoms with van der Waals surface area (Å²) in [4.78, 5) is 23.5. The van der Waals surface area contributed by atoms with E-state index in [1.165, 1.54) is 13.2 Å². The van der Waals surface area contributed by atoms with Crippen LogP contribution >= 0.6 is 0 Å². The Morgan fingerprint density at radius 2 is 1.95 bits per heavy atom. The predicted octanol–water partition coefficient (Wildman–Crippen LogP) is 4.76. The Balaban J connectivity index is 1.38. The van der Waals surface area contributed by atoms with E-state index in [2.05, 4.69) is 9.88 Å². The summed E-state index contributed by atoms with van der Waals surface area (Å²) in [5, 5.41) is 0. The molecule has 1 aliphatic carbocycles. The second-order valence-electron chi connectivity index (χ2n) is 9.56. The molecular weight excluding hydrogens is 489 g/mol. The zero-order chi connectivity index (χ0) is 26.5. The van der Waals surface area contributed by atoms with Gasteiger partial charge in [-0.2, -0.15) is 0 Å². The van der Waals surface area contributed by atoms with E-state index in [-0.39, 0.29) is 18.5 Å². The minimum Gasteiger partial charge on any atom is -0.497 e. The molecule has 1 aliphatic heterocycles. The van der Waals surface area contributed by atoms with Gasteiger partial charge in [-0.15, -0.1) is 0 Å². The number of hydrogen-bond acceptors (Lipinski definition) is 8. The molecule has 1 saturated carbocycles. The molecule has 0 amide bonds. The van der Waals surface area contributed by atoms with Crippen LogP contribution in [0, 0.1) is 11.7 Å². The predicted molar refractivity (Wildman–Crippen MR) is 140 cm³/mol. The highest BCUT2D eigenvalue weighted by atomic mass is 19.1. The fraction of sp³-hybridized carbons (Fsp3) is 0.414. The van der Waals surface area contributed by atoms with Crippen molar-refractivity contribution in [3.8, 4) is 22.8 Å². The Morgan fingerprint density at radius 1 is 1.13 bits per heavy atom. The van der Waals surface area contributed by atoms with Crippen molar-refractivity contribution < 1.29 is 28.1 Å². The minimum absolute atomic E-state index is 0.121. The average Bonchev–Trinajstić information content (AvgIpc) is 3.81. The molecule has 1 aromatic heterocycles. The Hall–Kier alpha value is -3.72. The van der Waals surface area contributed by atoms with Crippen molar-refractivity contribution in [1.29, 1.82) is 0 Å². The normalized spacial score (nSPS) is 16.1. The van der Waals surface area contributed by atoms with E-state index in [1.54, 1.807) is 25.4 Å². The van der Waals surface area contributed by atoms with Gasteiger partial charge in [0.1, 0.15) is 29.6 Å². The molecule has 2 fully saturated rings. The van der Waals surface area contributed by atoms with Gasteiger partial charge < -0.3 is 23.8 Å². The second kappa shape index (κ2) is 11.8. The van der Waals surface area contributed by atoms with Crippen LogP contribution in [0.2, 0.25) is 0 Å². The van der Waals surface area contributed by atoms with Crippen LogP contribution in [0.3, 0.4) is 0 Å². The summed E-state index contributed by atoms with van der Waals surface area (Å²) >= 11 is 0. The third-order valence-corrected chi connectivity index (χ3v) is 7.02. The van der Waals surface area contributed by atoms with Crippen LogP contribution in [-0.4, -0.2) is 56.5 Å². The van der Waals surface area contributed by atoms with Crippen LogP contribution < -0.4 is 14.4 Å². The molecule has 2 aliphatic rings. The first-order valence-electron chi connectivity index (χ1n) is 12.9. The number of benzene rings is 2. The van der Waals surface area contributed by atoms with Crippen molar-refractivity contribution in [3.63, 3.8) is 0 Å². The van der Waals surface area contributed by atoms with Crippen LogP contribution in [0.15, 0.2) is 48.7 Å². The largest absolute Gasteiger partial charge is 0.497 e. The number of anilines is 1. The van der Waals surface area contributed by atoms with E-state index < -0.39 is 5.82 Å². The lowest BCUT2D eigenvalue weighted by molar-refractivity contribution is -0.141. The van der Waals surface area contributed by atoms with Crippen LogP contribution in [0.5, 0.6) is 11.5 Å². The molecule has 5 rings (SSSR count). The van der Waals surface area contributed by atoms with Gasteiger partial charge in [0.2, 0.25) is 0 Å². The lowest BCUT2D eigenvalue weighted by Gasteiger charge is -2.29. The van der Waals surface area contributed by atoms with Gasteiger partial charge in [-0.05, 0) is 60.6 Å². The fourth-order valence-electron chi connectivity index (χ4n) is 4.79. The lowest BCUT2D eigenvalue weighted by atomic mass is 9.91. The number of carbonyl (C=O) groups is 1. The van der Waals surface area contributed by atoms with Crippen molar-refractivity contribution in [2.75, 3.05) is 45.4 Å². The van der Waals surface area contributed by atoms with Gasteiger partial charge in [-0.1, -0.05) is 12.1 Å².